The third-order valence-corrected chi connectivity index (χ3v) is 7.59. The van der Waals surface area contributed by atoms with Crippen LogP contribution in [0.3, 0.4) is 0 Å². The first-order chi connectivity index (χ1) is 14.5. The molecule has 0 bridgehead atoms. The van der Waals surface area contributed by atoms with Gasteiger partial charge in [-0.1, -0.05) is 62.4 Å². The zero-order valence-corrected chi connectivity index (χ0v) is 19.3. The van der Waals surface area contributed by atoms with E-state index in [4.69, 9.17) is 0 Å². The number of aryl methyl sites for hydroxylation is 1. The van der Waals surface area contributed by atoms with E-state index in [0.717, 1.165) is 38.8 Å². The third kappa shape index (κ3) is 3.94. The number of carbonyl (C=O) groups excluding carboxylic acids is 1. The number of benzene rings is 2. The Morgan fingerprint density at radius 1 is 0.933 bits per heavy atom. The van der Waals surface area contributed by atoms with E-state index in [1.807, 2.05) is 0 Å². The zero-order valence-electron chi connectivity index (χ0n) is 19.3. The molecule has 0 saturated heterocycles. The van der Waals surface area contributed by atoms with E-state index in [-0.39, 0.29) is 5.92 Å². The Balaban J connectivity index is 1.71. The lowest BCUT2D eigenvalue weighted by Crippen LogP contribution is -2.40. The molecule has 160 valence electrons. The molecule has 1 amide bonds. The maximum atomic E-state index is 13.4. The van der Waals surface area contributed by atoms with Crippen molar-refractivity contribution in [2.24, 2.45) is 5.92 Å². The Labute approximate surface area is 182 Å². The molecule has 2 heteroatoms. The van der Waals surface area contributed by atoms with Gasteiger partial charge in [0.25, 0.3) is 0 Å². The van der Waals surface area contributed by atoms with Crippen LogP contribution in [-0.2, 0) is 24.2 Å². The molecule has 30 heavy (non-hydrogen) atoms. The van der Waals surface area contributed by atoms with Crippen molar-refractivity contribution in [3.63, 3.8) is 0 Å². The first-order valence-corrected chi connectivity index (χ1v) is 12.0. The Morgan fingerprint density at radius 2 is 1.60 bits per heavy atom. The smallest absolute Gasteiger partial charge is 0.225 e. The van der Waals surface area contributed by atoms with Crippen LogP contribution in [-0.4, -0.2) is 17.4 Å². The molecule has 0 atom stereocenters. The highest BCUT2D eigenvalue weighted by Crippen LogP contribution is 2.38. The van der Waals surface area contributed by atoms with Gasteiger partial charge in [-0.3, -0.25) is 4.79 Å². The Morgan fingerprint density at radius 3 is 2.23 bits per heavy atom. The van der Waals surface area contributed by atoms with Gasteiger partial charge in [-0.05, 0) is 85.4 Å². The number of hydrogen-bond donors (Lipinski definition) is 0. The molecule has 1 heterocycles. The van der Waals surface area contributed by atoms with Crippen LogP contribution in [0.5, 0.6) is 0 Å². The highest BCUT2D eigenvalue weighted by atomic mass is 16.2. The topological polar surface area (TPSA) is 20.3 Å². The molecule has 1 fully saturated rings. The second-order valence-electron chi connectivity index (χ2n) is 9.48. The molecule has 1 aliphatic carbocycles. The SMILES string of the molecule is CCc1c(C)c2c(c(C)c1-c1ccc(C)cc1)CN(C(=O)C1CCCCCC1)CC2. The highest BCUT2D eigenvalue weighted by molar-refractivity contribution is 5.80. The fourth-order valence-corrected chi connectivity index (χ4v) is 5.79. The van der Waals surface area contributed by atoms with Crippen LogP contribution in [0, 0.1) is 26.7 Å². The lowest BCUT2D eigenvalue weighted by molar-refractivity contribution is -0.136. The molecule has 1 aliphatic heterocycles. The minimum Gasteiger partial charge on any atom is -0.338 e. The standard InChI is InChI=1S/C28H37NO/c1-5-24-20(3)25-16-17-29(28(30)23-10-8-6-7-9-11-23)18-26(25)21(4)27(24)22-14-12-19(2)13-15-22/h12-15,23H,5-11,16-18H2,1-4H3. The first-order valence-electron chi connectivity index (χ1n) is 12.0. The summed E-state index contributed by atoms with van der Waals surface area (Å²) in [6, 6.07) is 8.95. The molecule has 0 spiro atoms. The molecular weight excluding hydrogens is 366 g/mol. The predicted molar refractivity (Wildman–Crippen MR) is 126 cm³/mol. The van der Waals surface area contributed by atoms with Gasteiger partial charge in [0, 0.05) is 19.0 Å². The molecule has 0 radical (unpaired) electrons. The maximum absolute atomic E-state index is 13.4. The molecule has 0 unspecified atom stereocenters. The largest absolute Gasteiger partial charge is 0.338 e. The van der Waals surface area contributed by atoms with Gasteiger partial charge in [-0.15, -0.1) is 0 Å². The number of rotatable bonds is 3. The van der Waals surface area contributed by atoms with Crippen LogP contribution in [0.1, 0.15) is 78.8 Å². The number of hydrogen-bond acceptors (Lipinski definition) is 1. The first kappa shape index (κ1) is 21.2. The van der Waals surface area contributed by atoms with Gasteiger partial charge < -0.3 is 4.90 Å². The molecule has 1 saturated carbocycles. The van der Waals surface area contributed by atoms with E-state index < -0.39 is 0 Å². The number of carbonyl (C=O) groups is 1. The molecule has 0 N–H and O–H groups in total. The van der Waals surface area contributed by atoms with Crippen LogP contribution < -0.4 is 0 Å². The molecule has 0 aromatic heterocycles. The van der Waals surface area contributed by atoms with E-state index in [2.05, 4.69) is 56.9 Å². The molecule has 4 rings (SSSR count). The van der Waals surface area contributed by atoms with Crippen molar-refractivity contribution in [1.29, 1.82) is 0 Å². The van der Waals surface area contributed by atoms with Crippen LogP contribution in [0.25, 0.3) is 11.1 Å². The van der Waals surface area contributed by atoms with Gasteiger partial charge in [0.1, 0.15) is 0 Å². The van der Waals surface area contributed by atoms with E-state index in [9.17, 15) is 4.79 Å². The monoisotopic (exact) mass is 403 g/mol. The second-order valence-corrected chi connectivity index (χ2v) is 9.48. The summed E-state index contributed by atoms with van der Waals surface area (Å²) >= 11 is 0. The minimum atomic E-state index is 0.252. The lowest BCUT2D eigenvalue weighted by Gasteiger charge is -2.35. The van der Waals surface area contributed by atoms with Crippen LogP contribution >= 0.6 is 0 Å². The number of fused-ring (bicyclic) bond motifs is 1. The Bertz CT molecular complexity index is 917. The van der Waals surface area contributed by atoms with E-state index in [1.165, 1.54) is 70.2 Å². The average Bonchev–Trinajstić information content (AvgIpc) is 3.05. The van der Waals surface area contributed by atoms with E-state index >= 15 is 0 Å². The summed E-state index contributed by atoms with van der Waals surface area (Å²) in [5, 5.41) is 0. The number of nitrogens with zero attached hydrogens (tertiary/aromatic N) is 1. The van der Waals surface area contributed by atoms with Crippen molar-refractivity contribution in [2.45, 2.75) is 85.6 Å². The number of amides is 1. The third-order valence-electron chi connectivity index (χ3n) is 7.59. The fraction of sp³-hybridized carbons (Fsp3) is 0.536. The summed E-state index contributed by atoms with van der Waals surface area (Å²) in [5.41, 5.74) is 11.2. The Hall–Kier alpha value is -2.09. The van der Waals surface area contributed by atoms with Crippen molar-refractivity contribution in [3.8, 4) is 11.1 Å². The van der Waals surface area contributed by atoms with Gasteiger partial charge in [-0.25, -0.2) is 0 Å². The minimum absolute atomic E-state index is 0.252. The molecule has 2 aliphatic rings. The van der Waals surface area contributed by atoms with Crippen molar-refractivity contribution < 1.29 is 4.79 Å². The molecule has 2 nitrogen and oxygen atoms in total. The molecule has 2 aromatic carbocycles. The van der Waals surface area contributed by atoms with Gasteiger partial charge >= 0.3 is 0 Å². The van der Waals surface area contributed by atoms with Gasteiger partial charge in [-0.2, -0.15) is 0 Å². The summed E-state index contributed by atoms with van der Waals surface area (Å²) in [6.45, 7) is 10.7. The summed E-state index contributed by atoms with van der Waals surface area (Å²) in [6.07, 6.45) is 9.25. The van der Waals surface area contributed by atoms with E-state index in [0.29, 0.717) is 5.91 Å². The molecule has 2 aromatic rings. The lowest BCUT2D eigenvalue weighted by atomic mass is 9.81. The maximum Gasteiger partial charge on any atom is 0.225 e. The highest BCUT2D eigenvalue weighted by Gasteiger charge is 2.30. The van der Waals surface area contributed by atoms with E-state index in [1.54, 1.807) is 0 Å². The van der Waals surface area contributed by atoms with Gasteiger partial charge in [0.05, 0.1) is 0 Å². The summed E-state index contributed by atoms with van der Waals surface area (Å²) < 4.78 is 0. The van der Waals surface area contributed by atoms with Crippen LogP contribution in [0.2, 0.25) is 0 Å². The van der Waals surface area contributed by atoms with Crippen LogP contribution in [0.15, 0.2) is 24.3 Å². The van der Waals surface area contributed by atoms with Gasteiger partial charge in [0.15, 0.2) is 0 Å². The predicted octanol–water partition coefficient (Wildman–Crippen LogP) is 6.70. The summed E-state index contributed by atoms with van der Waals surface area (Å²) in [4.78, 5) is 15.5. The quantitative estimate of drug-likeness (QED) is 0.522. The normalized spacial score (nSPS) is 17.5. The molecular formula is C28H37NO. The van der Waals surface area contributed by atoms with Gasteiger partial charge in [0.2, 0.25) is 5.91 Å². The zero-order chi connectivity index (χ0) is 21.3. The second kappa shape index (κ2) is 8.96. The summed E-state index contributed by atoms with van der Waals surface area (Å²) in [5.74, 6) is 0.665. The summed E-state index contributed by atoms with van der Waals surface area (Å²) in [7, 11) is 0. The Kier molecular flexibility index (Phi) is 6.32. The van der Waals surface area contributed by atoms with Crippen molar-refractivity contribution in [2.75, 3.05) is 6.54 Å². The van der Waals surface area contributed by atoms with Crippen molar-refractivity contribution in [1.82, 2.24) is 4.90 Å². The van der Waals surface area contributed by atoms with Crippen molar-refractivity contribution >= 4 is 5.91 Å². The fourth-order valence-electron chi connectivity index (χ4n) is 5.79. The van der Waals surface area contributed by atoms with Crippen molar-refractivity contribution in [3.05, 3.63) is 57.6 Å². The average molecular weight is 404 g/mol. The van der Waals surface area contributed by atoms with Crippen LogP contribution in [0.4, 0.5) is 0 Å².